The van der Waals surface area contributed by atoms with Crippen LogP contribution in [0.15, 0.2) is 102 Å². The Kier molecular flexibility index (Phi) is 7.08. The predicted octanol–water partition coefficient (Wildman–Crippen LogP) is 8.64. The molecular formula is C33H28ClFN2O2. The van der Waals surface area contributed by atoms with E-state index in [-0.39, 0.29) is 18.5 Å². The molecule has 0 bridgehead atoms. The summed E-state index contributed by atoms with van der Waals surface area (Å²) in [7, 11) is 1.57. The van der Waals surface area contributed by atoms with Gasteiger partial charge in [-0.15, -0.1) is 0 Å². The van der Waals surface area contributed by atoms with E-state index in [0.717, 1.165) is 23.2 Å². The molecule has 1 aliphatic carbocycles. The summed E-state index contributed by atoms with van der Waals surface area (Å²) in [6, 6.07) is 27.0. The summed E-state index contributed by atoms with van der Waals surface area (Å²) in [5.74, 6) is 1.61. The minimum Gasteiger partial charge on any atom is -0.493 e. The Morgan fingerprint density at radius 2 is 1.82 bits per heavy atom. The van der Waals surface area contributed by atoms with E-state index in [4.69, 9.17) is 21.1 Å². The van der Waals surface area contributed by atoms with E-state index < -0.39 is 0 Å². The van der Waals surface area contributed by atoms with Crippen molar-refractivity contribution in [2.45, 2.75) is 25.0 Å². The Balaban J connectivity index is 1.16. The van der Waals surface area contributed by atoms with Crippen molar-refractivity contribution in [3.8, 4) is 11.5 Å². The highest BCUT2D eigenvalue weighted by Crippen LogP contribution is 2.49. The lowest BCUT2D eigenvalue weighted by Gasteiger charge is -2.37. The van der Waals surface area contributed by atoms with E-state index >= 15 is 0 Å². The maximum atomic E-state index is 13.2. The van der Waals surface area contributed by atoms with Gasteiger partial charge in [0.05, 0.1) is 23.9 Å². The van der Waals surface area contributed by atoms with Crippen LogP contribution in [0.25, 0.3) is 0 Å². The predicted molar refractivity (Wildman–Crippen MR) is 155 cm³/mol. The smallest absolute Gasteiger partial charge is 0.180 e. The molecule has 196 valence electrons. The van der Waals surface area contributed by atoms with Crippen LogP contribution in [0.1, 0.15) is 40.6 Å². The van der Waals surface area contributed by atoms with Gasteiger partial charge in [-0.3, -0.25) is 4.99 Å². The lowest BCUT2D eigenvalue weighted by molar-refractivity contribution is 0.284. The van der Waals surface area contributed by atoms with Gasteiger partial charge in [0, 0.05) is 17.8 Å². The summed E-state index contributed by atoms with van der Waals surface area (Å²) in [6.45, 7) is 0.245. The second-order valence-electron chi connectivity index (χ2n) is 9.86. The number of halogens is 2. The normalized spacial score (nSPS) is 19.4. The third kappa shape index (κ3) is 5.27. The molecule has 0 radical (unpaired) electrons. The average molecular weight is 539 g/mol. The zero-order chi connectivity index (χ0) is 26.8. The van der Waals surface area contributed by atoms with Gasteiger partial charge in [0.1, 0.15) is 12.4 Å². The lowest BCUT2D eigenvalue weighted by Crippen LogP contribution is -2.28. The molecule has 0 unspecified atom stereocenters. The number of nitrogens with zero attached hydrogens (tertiary/aromatic N) is 1. The zero-order valence-corrected chi connectivity index (χ0v) is 22.2. The number of methoxy groups -OCH3 is 1. The summed E-state index contributed by atoms with van der Waals surface area (Å²) in [5.41, 5.74) is 6.33. The minimum absolute atomic E-state index is 0.245. The fraction of sp³-hybridized carbons (Fsp3) is 0.182. The van der Waals surface area contributed by atoms with Crippen LogP contribution in [0.4, 0.5) is 15.8 Å². The number of fused-ring (bicyclic) bond motifs is 3. The Labute approximate surface area is 232 Å². The first-order valence-corrected chi connectivity index (χ1v) is 13.4. The number of benzene rings is 4. The lowest BCUT2D eigenvalue weighted by atomic mass is 9.77. The van der Waals surface area contributed by atoms with Crippen molar-refractivity contribution in [1.29, 1.82) is 0 Å². The van der Waals surface area contributed by atoms with Gasteiger partial charge in [0.25, 0.3) is 0 Å². The van der Waals surface area contributed by atoms with Crippen molar-refractivity contribution >= 4 is 29.2 Å². The average Bonchev–Trinajstić information content (AvgIpc) is 3.46. The number of aliphatic imine (C=N–C) groups is 1. The van der Waals surface area contributed by atoms with Gasteiger partial charge in [-0.2, -0.15) is 0 Å². The van der Waals surface area contributed by atoms with Crippen molar-refractivity contribution in [2.75, 3.05) is 12.4 Å². The maximum absolute atomic E-state index is 13.2. The number of anilines is 1. The molecule has 0 fully saturated rings. The van der Waals surface area contributed by atoms with Crippen LogP contribution in [0, 0.1) is 11.7 Å². The molecule has 0 aromatic heterocycles. The van der Waals surface area contributed by atoms with Gasteiger partial charge < -0.3 is 14.8 Å². The molecule has 39 heavy (non-hydrogen) atoms. The highest BCUT2D eigenvalue weighted by molar-refractivity contribution is 6.32. The third-order valence-corrected chi connectivity index (χ3v) is 7.72. The van der Waals surface area contributed by atoms with Gasteiger partial charge in [-0.1, -0.05) is 66.2 Å². The van der Waals surface area contributed by atoms with Crippen molar-refractivity contribution < 1.29 is 13.9 Å². The van der Waals surface area contributed by atoms with Crippen LogP contribution < -0.4 is 14.8 Å². The standard InChI is InChI=1S/C33H28ClFN2O2/c1-38-31-18-22(17-29(34)33(31)39-20-21-9-13-24(35)14-10-21)19-36-25-15-11-23(12-16-25)32-28-7-4-6-26(28)27-5-2-3-8-30(27)37-32/h2-6,8-19,26,28,32,37H,7,20H2,1H3/t26-,28-,32-/m0/s1. The van der Waals surface area contributed by atoms with Crippen LogP contribution in [0.5, 0.6) is 11.5 Å². The van der Waals surface area contributed by atoms with E-state index in [1.54, 1.807) is 31.5 Å². The molecule has 4 aromatic carbocycles. The summed E-state index contributed by atoms with van der Waals surface area (Å²) in [6.07, 6.45) is 7.50. The van der Waals surface area contributed by atoms with E-state index in [2.05, 4.69) is 58.9 Å². The molecule has 3 atom stereocenters. The highest BCUT2D eigenvalue weighted by Gasteiger charge is 2.37. The summed E-state index contributed by atoms with van der Waals surface area (Å²) in [5, 5.41) is 4.19. The number of rotatable bonds is 7. The molecule has 0 saturated heterocycles. The molecule has 6 rings (SSSR count). The molecule has 4 nitrogen and oxygen atoms in total. The van der Waals surface area contributed by atoms with Crippen LogP contribution in [-0.4, -0.2) is 13.3 Å². The first-order chi connectivity index (χ1) is 19.1. The number of ether oxygens (including phenoxy) is 2. The quantitative estimate of drug-likeness (QED) is 0.189. The van der Waals surface area contributed by atoms with E-state index in [1.807, 2.05) is 18.2 Å². The first kappa shape index (κ1) is 25.2. The van der Waals surface area contributed by atoms with Gasteiger partial charge in [0.2, 0.25) is 0 Å². The van der Waals surface area contributed by atoms with E-state index in [1.165, 1.54) is 28.9 Å². The van der Waals surface area contributed by atoms with Crippen LogP contribution in [0.3, 0.4) is 0 Å². The van der Waals surface area contributed by atoms with Crippen molar-refractivity contribution in [2.24, 2.45) is 10.9 Å². The van der Waals surface area contributed by atoms with Gasteiger partial charge in [-0.05, 0) is 77.1 Å². The Bertz CT molecular complexity index is 1530. The molecular weight excluding hydrogens is 511 g/mol. The molecule has 2 aliphatic rings. The molecule has 1 heterocycles. The Morgan fingerprint density at radius 3 is 2.62 bits per heavy atom. The monoisotopic (exact) mass is 538 g/mol. The van der Waals surface area contributed by atoms with Crippen molar-refractivity contribution in [3.63, 3.8) is 0 Å². The first-order valence-electron chi connectivity index (χ1n) is 13.0. The molecule has 1 aliphatic heterocycles. The van der Waals surface area contributed by atoms with E-state index in [0.29, 0.717) is 28.4 Å². The largest absolute Gasteiger partial charge is 0.493 e. The topological polar surface area (TPSA) is 42.8 Å². The summed E-state index contributed by atoms with van der Waals surface area (Å²) < 4.78 is 24.6. The Morgan fingerprint density at radius 1 is 1.03 bits per heavy atom. The van der Waals surface area contributed by atoms with E-state index in [9.17, 15) is 4.39 Å². The second kappa shape index (κ2) is 11.0. The van der Waals surface area contributed by atoms with Crippen molar-refractivity contribution in [1.82, 2.24) is 0 Å². The maximum Gasteiger partial charge on any atom is 0.180 e. The van der Waals surface area contributed by atoms with Crippen LogP contribution in [0.2, 0.25) is 5.02 Å². The SMILES string of the molecule is COc1cc(C=Nc2ccc([C@@H]3Nc4ccccc4[C@@H]4C=CC[C@@H]43)cc2)cc(Cl)c1OCc1ccc(F)cc1. The van der Waals surface area contributed by atoms with Gasteiger partial charge in [0.15, 0.2) is 11.5 Å². The molecule has 0 amide bonds. The summed E-state index contributed by atoms with van der Waals surface area (Å²) in [4.78, 5) is 4.66. The molecule has 1 N–H and O–H groups in total. The number of nitrogens with one attached hydrogen (secondary N) is 1. The molecule has 0 spiro atoms. The molecule has 6 heteroatoms. The van der Waals surface area contributed by atoms with Crippen LogP contribution in [-0.2, 0) is 6.61 Å². The summed E-state index contributed by atoms with van der Waals surface area (Å²) >= 11 is 6.53. The van der Waals surface area contributed by atoms with Crippen LogP contribution >= 0.6 is 11.6 Å². The highest BCUT2D eigenvalue weighted by atomic mass is 35.5. The number of hydrogen-bond donors (Lipinski definition) is 1. The number of hydrogen-bond acceptors (Lipinski definition) is 4. The van der Waals surface area contributed by atoms with Gasteiger partial charge in [-0.25, -0.2) is 4.39 Å². The third-order valence-electron chi connectivity index (χ3n) is 7.44. The number of para-hydroxylation sites is 1. The molecule has 4 aromatic rings. The van der Waals surface area contributed by atoms with Gasteiger partial charge >= 0.3 is 0 Å². The zero-order valence-electron chi connectivity index (χ0n) is 21.5. The fourth-order valence-corrected chi connectivity index (χ4v) is 5.75. The molecule has 0 saturated carbocycles. The fourth-order valence-electron chi connectivity index (χ4n) is 5.48. The van der Waals surface area contributed by atoms with Crippen molar-refractivity contribution in [3.05, 3.63) is 130 Å². The Hall–Kier alpha value is -4.09. The minimum atomic E-state index is -0.288. The number of allylic oxidation sites excluding steroid dienone is 2. The second-order valence-corrected chi connectivity index (χ2v) is 10.3.